The van der Waals surface area contributed by atoms with Gasteiger partial charge in [0, 0.05) is 6.07 Å². The zero-order valence-electron chi connectivity index (χ0n) is 8.55. The second-order valence-corrected chi connectivity index (χ2v) is 3.19. The second-order valence-electron chi connectivity index (χ2n) is 3.19. The maximum Gasteiger partial charge on any atom is 0.215 e. The molecule has 17 heavy (non-hydrogen) atoms. The molecule has 0 fully saturated rings. The summed E-state index contributed by atoms with van der Waals surface area (Å²) in [5.41, 5.74) is 0.403. The fourth-order valence-corrected chi connectivity index (χ4v) is 1.24. The summed E-state index contributed by atoms with van der Waals surface area (Å²) in [5, 5.41) is 20.4. The standard InChI is InChI=1S/C11H7FN4O/c12-8-3-7(5-13)1-2-9(8)16-10-4-11(17)15-6-14-10/h1-4,6H,(H2,14,15,16,17). The molecule has 0 aliphatic rings. The smallest absolute Gasteiger partial charge is 0.215 e. The topological polar surface area (TPSA) is 81.8 Å². The Morgan fingerprint density at radius 3 is 2.76 bits per heavy atom. The van der Waals surface area contributed by atoms with Crippen molar-refractivity contribution in [3.05, 3.63) is 42.0 Å². The maximum atomic E-state index is 13.5. The van der Waals surface area contributed by atoms with Crippen molar-refractivity contribution < 1.29 is 9.50 Å². The van der Waals surface area contributed by atoms with E-state index in [1.807, 2.05) is 6.07 Å². The third-order valence-corrected chi connectivity index (χ3v) is 2.01. The molecule has 1 aromatic heterocycles. The number of aromatic hydroxyl groups is 1. The van der Waals surface area contributed by atoms with Gasteiger partial charge < -0.3 is 10.4 Å². The highest BCUT2D eigenvalue weighted by atomic mass is 19.1. The van der Waals surface area contributed by atoms with Crippen LogP contribution in [-0.2, 0) is 0 Å². The van der Waals surface area contributed by atoms with Crippen LogP contribution in [0.3, 0.4) is 0 Å². The van der Waals surface area contributed by atoms with E-state index >= 15 is 0 Å². The number of benzene rings is 1. The first-order chi connectivity index (χ1) is 8.19. The summed E-state index contributed by atoms with van der Waals surface area (Å²) >= 11 is 0. The minimum atomic E-state index is -0.567. The van der Waals surface area contributed by atoms with Crippen molar-refractivity contribution in [2.24, 2.45) is 0 Å². The van der Waals surface area contributed by atoms with Gasteiger partial charge in [0.1, 0.15) is 18.0 Å². The minimum Gasteiger partial charge on any atom is -0.493 e. The van der Waals surface area contributed by atoms with E-state index in [1.54, 1.807) is 0 Å². The number of halogens is 1. The highest BCUT2D eigenvalue weighted by molar-refractivity contribution is 5.58. The molecule has 0 aliphatic carbocycles. The molecule has 0 saturated heterocycles. The van der Waals surface area contributed by atoms with Crippen molar-refractivity contribution in [2.75, 3.05) is 5.32 Å². The fourth-order valence-electron chi connectivity index (χ4n) is 1.24. The monoisotopic (exact) mass is 230 g/mol. The molecular weight excluding hydrogens is 223 g/mol. The molecule has 1 heterocycles. The van der Waals surface area contributed by atoms with Gasteiger partial charge in [-0.2, -0.15) is 5.26 Å². The summed E-state index contributed by atoms with van der Waals surface area (Å²) < 4.78 is 13.5. The first kappa shape index (κ1) is 10.8. The molecule has 0 atom stereocenters. The molecule has 2 aromatic rings. The Labute approximate surface area is 96.2 Å². The van der Waals surface area contributed by atoms with Gasteiger partial charge >= 0.3 is 0 Å². The average Bonchev–Trinajstić information content (AvgIpc) is 2.32. The lowest BCUT2D eigenvalue weighted by molar-refractivity contribution is 0.452. The van der Waals surface area contributed by atoms with Gasteiger partial charge in [0.25, 0.3) is 0 Å². The molecular formula is C11H7FN4O. The first-order valence-corrected chi connectivity index (χ1v) is 4.67. The zero-order valence-corrected chi connectivity index (χ0v) is 8.55. The van der Waals surface area contributed by atoms with Gasteiger partial charge in [0.2, 0.25) is 5.88 Å². The molecule has 84 valence electrons. The lowest BCUT2D eigenvalue weighted by Crippen LogP contribution is -1.96. The summed E-state index contributed by atoms with van der Waals surface area (Å²) in [5.74, 6) is -0.514. The number of nitrogens with one attached hydrogen (secondary N) is 1. The summed E-state index contributed by atoms with van der Waals surface area (Å²) in [7, 11) is 0. The fraction of sp³-hybridized carbons (Fsp3) is 0. The predicted octanol–water partition coefficient (Wildman–Crippen LogP) is 1.94. The Morgan fingerprint density at radius 2 is 2.12 bits per heavy atom. The van der Waals surface area contributed by atoms with E-state index in [0.717, 1.165) is 12.4 Å². The van der Waals surface area contributed by atoms with Crippen LogP contribution < -0.4 is 5.32 Å². The quantitative estimate of drug-likeness (QED) is 0.823. The molecule has 0 unspecified atom stereocenters. The summed E-state index contributed by atoms with van der Waals surface area (Å²) in [6.45, 7) is 0. The number of nitrogens with zero attached hydrogens (tertiary/aromatic N) is 3. The molecule has 2 N–H and O–H groups in total. The molecule has 0 saturated carbocycles. The number of anilines is 2. The van der Waals surface area contributed by atoms with Gasteiger partial charge in [-0.1, -0.05) is 0 Å². The Balaban J connectivity index is 2.28. The molecule has 5 nitrogen and oxygen atoms in total. The third-order valence-electron chi connectivity index (χ3n) is 2.01. The molecule has 2 rings (SSSR count). The number of hydrogen-bond acceptors (Lipinski definition) is 5. The Hall–Kier alpha value is -2.68. The number of aromatic nitrogens is 2. The van der Waals surface area contributed by atoms with E-state index in [2.05, 4.69) is 15.3 Å². The molecule has 0 radical (unpaired) electrons. The molecule has 0 amide bonds. The average molecular weight is 230 g/mol. The van der Waals surface area contributed by atoms with Crippen LogP contribution in [0.25, 0.3) is 0 Å². The van der Waals surface area contributed by atoms with Crippen molar-refractivity contribution in [3.63, 3.8) is 0 Å². The zero-order chi connectivity index (χ0) is 12.3. The van der Waals surface area contributed by atoms with Crippen molar-refractivity contribution in [1.29, 1.82) is 5.26 Å². The molecule has 0 spiro atoms. The van der Waals surface area contributed by atoms with E-state index in [1.165, 1.54) is 18.2 Å². The highest BCUT2D eigenvalue weighted by Crippen LogP contribution is 2.20. The summed E-state index contributed by atoms with van der Waals surface area (Å²) in [6.07, 6.45) is 1.15. The van der Waals surface area contributed by atoms with E-state index in [0.29, 0.717) is 0 Å². The van der Waals surface area contributed by atoms with Gasteiger partial charge in [0.15, 0.2) is 0 Å². The van der Waals surface area contributed by atoms with Gasteiger partial charge in [-0.25, -0.2) is 14.4 Å². The molecule has 1 aromatic carbocycles. The number of nitriles is 1. The Kier molecular flexibility index (Phi) is 2.83. The summed E-state index contributed by atoms with van der Waals surface area (Å²) in [4.78, 5) is 7.30. The van der Waals surface area contributed by atoms with Gasteiger partial charge in [-0.3, -0.25) is 0 Å². The highest BCUT2D eigenvalue weighted by Gasteiger charge is 2.05. The normalized spacial score (nSPS) is 9.65. The van der Waals surface area contributed by atoms with Crippen LogP contribution >= 0.6 is 0 Å². The third kappa shape index (κ3) is 2.46. The van der Waals surface area contributed by atoms with E-state index in [9.17, 15) is 4.39 Å². The summed E-state index contributed by atoms with van der Waals surface area (Å²) in [6, 6.07) is 7.11. The second kappa shape index (κ2) is 4.45. The molecule has 0 aliphatic heterocycles. The SMILES string of the molecule is N#Cc1ccc(Nc2cc(O)ncn2)c(F)c1. The van der Waals surface area contributed by atoms with Crippen molar-refractivity contribution in [2.45, 2.75) is 0 Å². The van der Waals surface area contributed by atoms with Crippen molar-refractivity contribution >= 4 is 11.5 Å². The van der Waals surface area contributed by atoms with E-state index in [-0.39, 0.29) is 22.9 Å². The van der Waals surface area contributed by atoms with Crippen LogP contribution in [0.1, 0.15) is 5.56 Å². The molecule has 0 bridgehead atoms. The van der Waals surface area contributed by atoms with Crippen LogP contribution in [0.4, 0.5) is 15.9 Å². The van der Waals surface area contributed by atoms with Crippen molar-refractivity contribution in [3.8, 4) is 11.9 Å². The van der Waals surface area contributed by atoms with Gasteiger partial charge in [-0.05, 0) is 18.2 Å². The van der Waals surface area contributed by atoms with E-state index in [4.69, 9.17) is 10.4 Å². The Bertz CT molecular complexity index is 594. The van der Waals surface area contributed by atoms with Crippen LogP contribution in [0.2, 0.25) is 0 Å². The largest absolute Gasteiger partial charge is 0.493 e. The number of rotatable bonds is 2. The molecule has 6 heteroatoms. The lowest BCUT2D eigenvalue weighted by atomic mass is 10.2. The lowest BCUT2D eigenvalue weighted by Gasteiger charge is -2.06. The predicted molar refractivity (Wildman–Crippen MR) is 58.1 cm³/mol. The van der Waals surface area contributed by atoms with Gasteiger partial charge in [-0.15, -0.1) is 0 Å². The Morgan fingerprint density at radius 1 is 1.29 bits per heavy atom. The van der Waals surface area contributed by atoms with Crippen LogP contribution in [-0.4, -0.2) is 15.1 Å². The number of hydrogen-bond donors (Lipinski definition) is 2. The van der Waals surface area contributed by atoms with E-state index < -0.39 is 5.82 Å². The van der Waals surface area contributed by atoms with Crippen LogP contribution in [0, 0.1) is 17.1 Å². The van der Waals surface area contributed by atoms with Gasteiger partial charge in [0.05, 0.1) is 17.3 Å². The maximum absolute atomic E-state index is 13.5. The van der Waals surface area contributed by atoms with Crippen LogP contribution in [0.5, 0.6) is 5.88 Å². The van der Waals surface area contributed by atoms with Crippen molar-refractivity contribution in [1.82, 2.24) is 9.97 Å². The minimum absolute atomic E-state index is 0.169. The van der Waals surface area contributed by atoms with Crippen LogP contribution in [0.15, 0.2) is 30.6 Å². The first-order valence-electron chi connectivity index (χ1n) is 4.67.